The Bertz CT molecular complexity index is 3220. The van der Waals surface area contributed by atoms with Gasteiger partial charge in [0.2, 0.25) is 0 Å². The fourth-order valence-electron chi connectivity index (χ4n) is 9.44. The first-order chi connectivity index (χ1) is 29.7. The van der Waals surface area contributed by atoms with Crippen molar-refractivity contribution in [3.05, 3.63) is 203 Å². The van der Waals surface area contributed by atoms with Gasteiger partial charge in [0.15, 0.2) is 0 Å². The molecule has 0 aliphatic carbocycles. The van der Waals surface area contributed by atoms with E-state index in [4.69, 9.17) is 15.0 Å². The van der Waals surface area contributed by atoms with Crippen LogP contribution in [-0.2, 0) is 0 Å². The van der Waals surface area contributed by atoms with Gasteiger partial charge in [0.25, 0.3) is 0 Å². The molecule has 0 bridgehead atoms. The molecule has 4 nitrogen and oxygen atoms in total. The number of imidazole rings is 1. The second-order valence-corrected chi connectivity index (χ2v) is 16.4. The Balaban J connectivity index is 1.12. The number of nitrogens with zero attached hydrogens (tertiary/aromatic N) is 4. The lowest BCUT2D eigenvalue weighted by molar-refractivity contribution is 1.10. The van der Waals surface area contributed by atoms with Gasteiger partial charge in [-0.15, -0.1) is 0 Å². The zero-order valence-corrected chi connectivity index (χ0v) is 35.5. The Hall–Kier alpha value is -7.43. The Kier molecular flexibility index (Phi) is 9.49. The Morgan fingerprint density at radius 1 is 0.361 bits per heavy atom. The first-order valence-corrected chi connectivity index (χ1v) is 21.0. The molecule has 0 N–H and O–H groups in total. The van der Waals surface area contributed by atoms with E-state index >= 15 is 0 Å². The minimum absolute atomic E-state index is 0.860. The number of aryl methyl sites for hydroxylation is 6. The largest absolute Gasteiger partial charge is 0.292 e. The highest BCUT2D eigenvalue weighted by molar-refractivity contribution is 6.04. The van der Waals surface area contributed by atoms with E-state index in [1.807, 2.05) is 12.1 Å². The molecule has 2 heterocycles. The number of hydrogen-bond acceptors (Lipinski definition) is 3. The summed E-state index contributed by atoms with van der Waals surface area (Å²) in [4.78, 5) is 16.4. The lowest BCUT2D eigenvalue weighted by atomic mass is 9.88. The van der Waals surface area contributed by atoms with Crippen LogP contribution < -0.4 is 0 Å². The van der Waals surface area contributed by atoms with Gasteiger partial charge in [0, 0.05) is 33.5 Å². The normalized spacial score (nSPS) is 11.4. The third kappa shape index (κ3) is 6.80. The fourth-order valence-corrected chi connectivity index (χ4v) is 9.44. The predicted octanol–water partition coefficient (Wildman–Crippen LogP) is 14.8. The summed E-state index contributed by atoms with van der Waals surface area (Å²) < 4.78 is 2.24. The molecule has 0 radical (unpaired) electrons. The van der Waals surface area contributed by atoms with Gasteiger partial charge < -0.3 is 0 Å². The van der Waals surface area contributed by atoms with E-state index in [1.54, 1.807) is 0 Å². The molecular formula is C57H46N4. The molecule has 294 valence electrons. The quantitative estimate of drug-likeness (QED) is 0.162. The third-order valence-electron chi connectivity index (χ3n) is 12.0. The summed E-state index contributed by atoms with van der Waals surface area (Å²) in [6.07, 6.45) is 0. The van der Waals surface area contributed by atoms with Crippen molar-refractivity contribution in [2.24, 2.45) is 0 Å². The maximum Gasteiger partial charge on any atom is 0.145 e. The minimum atomic E-state index is 0.860. The van der Waals surface area contributed by atoms with Crippen molar-refractivity contribution in [2.45, 2.75) is 41.5 Å². The summed E-state index contributed by atoms with van der Waals surface area (Å²) in [5, 5.41) is 0. The number of fused-ring (bicyclic) bond motifs is 2. The molecule has 8 aromatic carbocycles. The molecule has 61 heavy (non-hydrogen) atoms. The Morgan fingerprint density at radius 2 is 0.770 bits per heavy atom. The smallest absolute Gasteiger partial charge is 0.145 e. The summed E-state index contributed by atoms with van der Waals surface area (Å²) in [6, 6.07) is 60.4. The highest BCUT2D eigenvalue weighted by atomic mass is 15.1. The molecule has 0 aliphatic rings. The van der Waals surface area contributed by atoms with Crippen LogP contribution in [0.15, 0.2) is 170 Å². The van der Waals surface area contributed by atoms with Crippen molar-refractivity contribution in [1.82, 2.24) is 19.5 Å². The van der Waals surface area contributed by atoms with E-state index in [9.17, 15) is 0 Å². The van der Waals surface area contributed by atoms with Crippen molar-refractivity contribution in [1.29, 1.82) is 0 Å². The highest BCUT2D eigenvalue weighted by Crippen LogP contribution is 2.42. The molecule has 0 fully saturated rings. The molecule has 4 heteroatoms. The molecule has 2 aromatic heterocycles. The van der Waals surface area contributed by atoms with Crippen LogP contribution in [0.2, 0.25) is 0 Å². The summed E-state index contributed by atoms with van der Waals surface area (Å²) in [5.74, 6) is 0.920. The van der Waals surface area contributed by atoms with Crippen molar-refractivity contribution in [3.63, 3.8) is 0 Å². The van der Waals surface area contributed by atoms with E-state index in [-0.39, 0.29) is 0 Å². The van der Waals surface area contributed by atoms with E-state index in [0.29, 0.717) is 0 Å². The van der Waals surface area contributed by atoms with Gasteiger partial charge in [-0.1, -0.05) is 157 Å². The van der Waals surface area contributed by atoms with Gasteiger partial charge in [0.05, 0.1) is 33.5 Å². The number of aromatic nitrogens is 4. The third-order valence-corrected chi connectivity index (χ3v) is 12.0. The average Bonchev–Trinajstić information content (AvgIpc) is 3.66. The van der Waals surface area contributed by atoms with Crippen LogP contribution in [0, 0.1) is 41.5 Å². The molecule has 0 spiro atoms. The SMILES string of the molecule is Cc1cc(C)c(-c2ccc(-c3c(C)cc(C)cc3C)c3nc(-c4ccc(-c5ccc(-c6nc7ccccc7n6-c6ccccc6)cc5)cc4)c(-c4ccccc4)nc23)c(C)c1. The molecule has 0 saturated heterocycles. The maximum atomic E-state index is 5.69. The Morgan fingerprint density at radius 3 is 1.28 bits per heavy atom. The summed E-state index contributed by atoms with van der Waals surface area (Å²) in [6.45, 7) is 13.2. The first kappa shape index (κ1) is 37.8. The second kappa shape index (κ2) is 15.3. The van der Waals surface area contributed by atoms with E-state index in [2.05, 4.69) is 204 Å². The monoisotopic (exact) mass is 786 g/mol. The van der Waals surface area contributed by atoms with Gasteiger partial charge in [0.1, 0.15) is 5.82 Å². The van der Waals surface area contributed by atoms with E-state index in [1.165, 1.54) is 44.5 Å². The number of rotatable bonds is 7. The number of hydrogen-bond donors (Lipinski definition) is 0. The van der Waals surface area contributed by atoms with Crippen LogP contribution in [0.3, 0.4) is 0 Å². The van der Waals surface area contributed by atoms with Crippen molar-refractivity contribution in [2.75, 3.05) is 0 Å². The molecule has 0 atom stereocenters. The molecule has 0 saturated carbocycles. The maximum absolute atomic E-state index is 5.69. The topological polar surface area (TPSA) is 43.6 Å². The highest BCUT2D eigenvalue weighted by Gasteiger charge is 2.22. The number of benzene rings is 8. The molecule has 0 amide bonds. The zero-order valence-electron chi connectivity index (χ0n) is 35.5. The molecule has 10 aromatic rings. The Labute approximate surface area is 357 Å². The summed E-state index contributed by atoms with van der Waals surface area (Å²) in [5.41, 5.74) is 24.1. The fraction of sp³-hybridized carbons (Fsp3) is 0.105. The molecule has 10 rings (SSSR count). The van der Waals surface area contributed by atoms with Gasteiger partial charge >= 0.3 is 0 Å². The number of para-hydroxylation sites is 3. The van der Waals surface area contributed by atoms with E-state index in [0.717, 1.165) is 83.9 Å². The molecule has 0 unspecified atom stereocenters. The summed E-state index contributed by atoms with van der Waals surface area (Å²) in [7, 11) is 0. The van der Waals surface area contributed by atoms with Crippen LogP contribution in [0.1, 0.15) is 33.4 Å². The van der Waals surface area contributed by atoms with Crippen molar-refractivity contribution in [3.8, 4) is 73.0 Å². The van der Waals surface area contributed by atoms with Crippen LogP contribution >= 0.6 is 0 Å². The van der Waals surface area contributed by atoms with Gasteiger partial charge in [-0.25, -0.2) is 15.0 Å². The van der Waals surface area contributed by atoms with Crippen LogP contribution in [0.5, 0.6) is 0 Å². The van der Waals surface area contributed by atoms with Gasteiger partial charge in [-0.05, 0) is 110 Å². The van der Waals surface area contributed by atoms with Crippen LogP contribution in [-0.4, -0.2) is 19.5 Å². The minimum Gasteiger partial charge on any atom is -0.292 e. The van der Waals surface area contributed by atoms with Crippen LogP contribution in [0.4, 0.5) is 0 Å². The predicted molar refractivity (Wildman–Crippen MR) is 255 cm³/mol. The molecule has 0 aliphatic heterocycles. The standard InChI is InChI=1S/C57H46N4/c1-35-31-37(3)51(38(4)32-35)47-29-30-48(52-39(5)33-36(2)34-40(52)6)56-55(47)59-53(43-15-9-7-10-16-43)54(60-56)44-25-21-41(22-26-44)42-23-27-45(28-24-42)57-58-49-19-13-14-20-50(49)61(57)46-17-11-8-12-18-46/h7-34H,1-6H3. The lowest BCUT2D eigenvalue weighted by Gasteiger charge is -2.20. The zero-order chi connectivity index (χ0) is 41.8. The van der Waals surface area contributed by atoms with Crippen molar-refractivity contribution < 1.29 is 0 Å². The van der Waals surface area contributed by atoms with Crippen LogP contribution in [0.25, 0.3) is 95.0 Å². The average molecular weight is 787 g/mol. The summed E-state index contributed by atoms with van der Waals surface area (Å²) >= 11 is 0. The molecular weight excluding hydrogens is 741 g/mol. The second-order valence-electron chi connectivity index (χ2n) is 16.4. The van der Waals surface area contributed by atoms with E-state index < -0.39 is 0 Å². The first-order valence-electron chi connectivity index (χ1n) is 21.0. The lowest BCUT2D eigenvalue weighted by Crippen LogP contribution is -2.01. The van der Waals surface area contributed by atoms with Gasteiger partial charge in [-0.2, -0.15) is 0 Å². The van der Waals surface area contributed by atoms with Gasteiger partial charge in [-0.3, -0.25) is 4.57 Å². The van der Waals surface area contributed by atoms with Crippen molar-refractivity contribution >= 4 is 22.1 Å².